The summed E-state index contributed by atoms with van der Waals surface area (Å²) in [4.78, 5) is 37.8. The Morgan fingerprint density at radius 2 is 1.97 bits per heavy atom. The highest BCUT2D eigenvalue weighted by Gasteiger charge is 2.35. The van der Waals surface area contributed by atoms with Crippen molar-refractivity contribution in [2.45, 2.75) is 18.7 Å². The molecule has 1 N–H and O–H groups in total. The van der Waals surface area contributed by atoms with Gasteiger partial charge in [0.15, 0.2) is 0 Å². The van der Waals surface area contributed by atoms with E-state index in [0.29, 0.717) is 11.4 Å². The number of nitrogens with one attached hydrogen (secondary N) is 1. The van der Waals surface area contributed by atoms with Crippen LogP contribution in [0.2, 0.25) is 5.02 Å². The number of carbonyl (C=O) groups excluding carboxylic acids is 2. The molecule has 168 valence electrons. The molecule has 0 bridgehead atoms. The van der Waals surface area contributed by atoms with Crippen LogP contribution in [0, 0.1) is 10.1 Å². The van der Waals surface area contributed by atoms with E-state index in [0.717, 1.165) is 29.3 Å². The van der Waals surface area contributed by atoms with Gasteiger partial charge in [0.1, 0.15) is 10.4 Å². The van der Waals surface area contributed by atoms with E-state index < -0.39 is 10.8 Å². The lowest BCUT2D eigenvalue weighted by Gasteiger charge is -2.26. The van der Waals surface area contributed by atoms with Gasteiger partial charge >= 0.3 is 0 Å². The number of para-hydroxylation sites is 1. The van der Waals surface area contributed by atoms with E-state index in [2.05, 4.69) is 12.2 Å². The normalized spacial score (nSPS) is 15.5. The van der Waals surface area contributed by atoms with Gasteiger partial charge in [0.25, 0.3) is 11.6 Å². The molecule has 2 amide bonds. The Morgan fingerprint density at radius 1 is 1.18 bits per heavy atom. The Labute approximate surface area is 199 Å². The number of halogens is 1. The molecule has 4 rings (SSSR count). The Morgan fingerprint density at radius 3 is 2.73 bits per heavy atom. The number of nitro groups is 1. The Bertz CT molecular complexity index is 1250. The Hall–Kier alpha value is -3.36. The van der Waals surface area contributed by atoms with Crippen LogP contribution in [0.5, 0.6) is 0 Å². The van der Waals surface area contributed by atoms with Crippen molar-refractivity contribution in [3.63, 3.8) is 0 Å². The molecule has 1 atom stereocenters. The summed E-state index contributed by atoms with van der Waals surface area (Å²) in [6.45, 7) is 2.05. The van der Waals surface area contributed by atoms with E-state index in [9.17, 15) is 19.7 Å². The Kier molecular flexibility index (Phi) is 6.67. The molecule has 0 aromatic heterocycles. The number of amides is 2. The van der Waals surface area contributed by atoms with Gasteiger partial charge in [-0.3, -0.25) is 24.6 Å². The van der Waals surface area contributed by atoms with Gasteiger partial charge in [0.2, 0.25) is 5.91 Å². The summed E-state index contributed by atoms with van der Waals surface area (Å²) < 4.78 is 0. The van der Waals surface area contributed by atoms with Crippen LogP contribution in [0.3, 0.4) is 0 Å². The smallest absolute Gasteiger partial charge is 0.288 e. The lowest BCUT2D eigenvalue weighted by Crippen LogP contribution is -2.28. The summed E-state index contributed by atoms with van der Waals surface area (Å²) in [5.74, 6) is -0.0858. The van der Waals surface area contributed by atoms with E-state index in [1.807, 2.05) is 47.4 Å². The predicted octanol–water partition coefficient (Wildman–Crippen LogP) is 5.84. The summed E-state index contributed by atoms with van der Waals surface area (Å²) in [7, 11) is 0. The minimum absolute atomic E-state index is 0.0334. The molecule has 0 radical (unpaired) electrons. The zero-order valence-electron chi connectivity index (χ0n) is 17.7. The molecule has 0 aliphatic carbocycles. The molecule has 3 aromatic rings. The van der Waals surface area contributed by atoms with Gasteiger partial charge in [-0.15, -0.1) is 11.8 Å². The highest BCUT2D eigenvalue weighted by Crippen LogP contribution is 2.43. The predicted molar refractivity (Wildman–Crippen MR) is 131 cm³/mol. The third-order valence-corrected chi connectivity index (χ3v) is 6.87. The summed E-state index contributed by atoms with van der Waals surface area (Å²) in [5, 5.41) is 13.6. The van der Waals surface area contributed by atoms with E-state index >= 15 is 0 Å². The van der Waals surface area contributed by atoms with Crippen molar-refractivity contribution in [3.05, 3.63) is 98.6 Å². The van der Waals surface area contributed by atoms with E-state index in [1.54, 1.807) is 6.07 Å². The fraction of sp³-hybridized carbons (Fsp3) is 0.167. The van der Waals surface area contributed by atoms with Crippen LogP contribution in [-0.4, -0.2) is 22.5 Å². The average molecular weight is 482 g/mol. The third kappa shape index (κ3) is 4.72. The van der Waals surface area contributed by atoms with Crippen molar-refractivity contribution < 1.29 is 14.5 Å². The molecule has 3 aromatic carbocycles. The molecular weight excluding hydrogens is 462 g/mol. The maximum Gasteiger partial charge on any atom is 0.288 e. The average Bonchev–Trinajstić information content (AvgIpc) is 3.20. The van der Waals surface area contributed by atoms with E-state index in [-0.39, 0.29) is 27.6 Å². The zero-order valence-corrected chi connectivity index (χ0v) is 19.2. The number of benzene rings is 3. The van der Waals surface area contributed by atoms with Crippen molar-refractivity contribution in [2.24, 2.45) is 0 Å². The molecule has 1 aliphatic rings. The highest BCUT2D eigenvalue weighted by atomic mass is 35.5. The van der Waals surface area contributed by atoms with Crippen LogP contribution >= 0.6 is 23.4 Å². The minimum Gasteiger partial charge on any atom is -0.322 e. The molecule has 7 nitrogen and oxygen atoms in total. The second-order valence-electron chi connectivity index (χ2n) is 7.41. The second-order valence-corrected chi connectivity index (χ2v) is 8.89. The van der Waals surface area contributed by atoms with Gasteiger partial charge in [-0.05, 0) is 47.9 Å². The van der Waals surface area contributed by atoms with Crippen LogP contribution in [0.1, 0.15) is 33.8 Å². The highest BCUT2D eigenvalue weighted by molar-refractivity contribution is 8.00. The molecule has 1 aliphatic heterocycles. The van der Waals surface area contributed by atoms with Gasteiger partial charge in [-0.25, -0.2) is 0 Å². The Balaban J connectivity index is 1.60. The molecule has 0 spiro atoms. The number of aryl methyl sites for hydroxylation is 1. The van der Waals surface area contributed by atoms with E-state index in [4.69, 9.17) is 11.6 Å². The lowest BCUT2D eigenvalue weighted by molar-refractivity contribution is -0.384. The van der Waals surface area contributed by atoms with Gasteiger partial charge in [0, 0.05) is 23.0 Å². The third-order valence-electron chi connectivity index (χ3n) is 5.33. The summed E-state index contributed by atoms with van der Waals surface area (Å²) >= 11 is 7.37. The van der Waals surface area contributed by atoms with Crippen molar-refractivity contribution in [1.82, 2.24) is 0 Å². The number of anilines is 2. The quantitative estimate of drug-likeness (QED) is 0.352. The van der Waals surface area contributed by atoms with E-state index in [1.165, 1.54) is 23.9 Å². The lowest BCUT2D eigenvalue weighted by atomic mass is 10.1. The molecule has 1 heterocycles. The summed E-state index contributed by atoms with van der Waals surface area (Å²) in [6.07, 6.45) is 0.806. The van der Waals surface area contributed by atoms with Crippen molar-refractivity contribution in [2.75, 3.05) is 16.0 Å². The van der Waals surface area contributed by atoms with Crippen molar-refractivity contribution >= 4 is 52.2 Å². The fourth-order valence-corrected chi connectivity index (χ4v) is 5.09. The fourth-order valence-electron chi connectivity index (χ4n) is 3.74. The zero-order chi connectivity index (χ0) is 23.5. The monoisotopic (exact) mass is 481 g/mol. The second kappa shape index (κ2) is 9.64. The topological polar surface area (TPSA) is 92.6 Å². The molecule has 1 fully saturated rings. The first kappa shape index (κ1) is 22.8. The van der Waals surface area contributed by atoms with Crippen LogP contribution in [0.4, 0.5) is 17.1 Å². The van der Waals surface area contributed by atoms with Crippen molar-refractivity contribution in [3.8, 4) is 0 Å². The summed E-state index contributed by atoms with van der Waals surface area (Å²) in [6, 6.07) is 19.0. The molecule has 33 heavy (non-hydrogen) atoms. The first-order chi connectivity index (χ1) is 15.9. The summed E-state index contributed by atoms with van der Waals surface area (Å²) in [5.41, 5.74) is 3.18. The van der Waals surface area contributed by atoms with Gasteiger partial charge < -0.3 is 5.32 Å². The van der Waals surface area contributed by atoms with Crippen LogP contribution in [-0.2, 0) is 11.2 Å². The molecular formula is C24H20ClN3O4S. The number of nitrogens with zero attached hydrogens (tertiary/aromatic N) is 2. The maximum atomic E-state index is 12.8. The molecule has 1 unspecified atom stereocenters. The molecule has 1 saturated heterocycles. The number of hydrogen-bond donors (Lipinski definition) is 1. The molecule has 9 heteroatoms. The first-order valence-electron chi connectivity index (χ1n) is 10.3. The number of carbonyl (C=O) groups is 2. The number of hydrogen-bond acceptors (Lipinski definition) is 5. The number of nitro benzene ring substituents is 1. The first-order valence-corrected chi connectivity index (χ1v) is 11.7. The van der Waals surface area contributed by atoms with Gasteiger partial charge in [0.05, 0.1) is 10.7 Å². The molecule has 0 saturated carbocycles. The SMILES string of the molecule is CCc1ccccc1N1C(=O)CSC1c1cccc(NC(=O)c2ccc(Cl)c([N+](=O)[O-])c2)c1. The maximum absolute atomic E-state index is 12.8. The van der Waals surface area contributed by atoms with Crippen LogP contribution in [0.15, 0.2) is 66.7 Å². The minimum atomic E-state index is -0.628. The van der Waals surface area contributed by atoms with Crippen molar-refractivity contribution in [1.29, 1.82) is 0 Å². The number of rotatable bonds is 6. The standard InChI is InChI=1S/C24H20ClN3O4S/c1-2-15-6-3-4-9-20(15)27-22(29)14-33-24(27)17-7-5-8-18(12-17)26-23(30)16-10-11-19(25)21(13-16)28(31)32/h3-13,24H,2,14H2,1H3,(H,26,30). The number of thioether (sulfide) groups is 1. The van der Waals surface area contributed by atoms with Crippen LogP contribution in [0.25, 0.3) is 0 Å². The van der Waals surface area contributed by atoms with Gasteiger partial charge in [-0.2, -0.15) is 0 Å². The largest absolute Gasteiger partial charge is 0.322 e. The van der Waals surface area contributed by atoms with Crippen LogP contribution < -0.4 is 10.2 Å². The van der Waals surface area contributed by atoms with Gasteiger partial charge in [-0.1, -0.05) is 48.9 Å².